The summed E-state index contributed by atoms with van der Waals surface area (Å²) in [5, 5.41) is 3.32. The molecule has 1 fully saturated rings. The molecule has 0 radical (unpaired) electrons. The van der Waals surface area contributed by atoms with Crippen LogP contribution in [-0.2, 0) is 16.6 Å². The molecule has 0 aromatic heterocycles. The summed E-state index contributed by atoms with van der Waals surface area (Å²) in [5.74, 6) is 0.205. The molecule has 1 aromatic carbocycles. The van der Waals surface area contributed by atoms with Gasteiger partial charge in [0.25, 0.3) is 0 Å². The lowest BCUT2D eigenvalue weighted by Crippen LogP contribution is -2.30. The minimum absolute atomic E-state index is 0.205. The predicted octanol–water partition coefficient (Wildman–Crippen LogP) is 1.56. The van der Waals surface area contributed by atoms with Gasteiger partial charge in [-0.3, -0.25) is 0 Å². The van der Waals surface area contributed by atoms with Gasteiger partial charge in [0.2, 0.25) is 10.0 Å². The first kappa shape index (κ1) is 14.5. The van der Waals surface area contributed by atoms with Crippen molar-refractivity contribution in [2.45, 2.75) is 38.8 Å². The Morgan fingerprint density at radius 2 is 2.26 bits per heavy atom. The molecule has 1 aromatic rings. The maximum absolute atomic E-state index is 11.9. The first-order chi connectivity index (χ1) is 9.05. The zero-order valence-electron chi connectivity index (χ0n) is 11.4. The first-order valence-electron chi connectivity index (χ1n) is 6.81. The molecule has 1 saturated heterocycles. The summed E-state index contributed by atoms with van der Waals surface area (Å²) >= 11 is 0. The van der Waals surface area contributed by atoms with Crippen LogP contribution in [0.1, 0.15) is 30.4 Å². The Labute approximate surface area is 115 Å². The van der Waals surface area contributed by atoms with E-state index in [4.69, 9.17) is 0 Å². The summed E-state index contributed by atoms with van der Waals surface area (Å²) in [6, 6.07) is 8.26. The van der Waals surface area contributed by atoms with Crippen LogP contribution >= 0.6 is 0 Å². The van der Waals surface area contributed by atoms with E-state index in [-0.39, 0.29) is 5.75 Å². The molecule has 19 heavy (non-hydrogen) atoms. The first-order valence-corrected chi connectivity index (χ1v) is 8.47. The molecule has 4 nitrogen and oxygen atoms in total. The van der Waals surface area contributed by atoms with Crippen molar-refractivity contribution in [1.82, 2.24) is 10.0 Å². The molecule has 106 valence electrons. The van der Waals surface area contributed by atoms with E-state index >= 15 is 0 Å². The molecular formula is C14H22N2O2S. The molecule has 5 heteroatoms. The monoisotopic (exact) mass is 282 g/mol. The van der Waals surface area contributed by atoms with Crippen molar-refractivity contribution < 1.29 is 8.42 Å². The van der Waals surface area contributed by atoms with E-state index in [1.54, 1.807) is 0 Å². The van der Waals surface area contributed by atoms with Gasteiger partial charge >= 0.3 is 0 Å². The van der Waals surface area contributed by atoms with E-state index in [0.29, 0.717) is 19.0 Å². The van der Waals surface area contributed by atoms with Crippen LogP contribution in [0.2, 0.25) is 0 Å². The van der Waals surface area contributed by atoms with Gasteiger partial charge in [-0.1, -0.05) is 29.8 Å². The van der Waals surface area contributed by atoms with Gasteiger partial charge in [-0.2, -0.15) is 0 Å². The number of sulfonamides is 1. The summed E-state index contributed by atoms with van der Waals surface area (Å²) in [6.45, 7) is 3.40. The van der Waals surface area contributed by atoms with Gasteiger partial charge in [-0.15, -0.1) is 0 Å². The summed E-state index contributed by atoms with van der Waals surface area (Å²) in [6.07, 6.45) is 2.94. The van der Waals surface area contributed by atoms with Crippen molar-refractivity contribution in [2.24, 2.45) is 0 Å². The van der Waals surface area contributed by atoms with Gasteiger partial charge in [-0.05, 0) is 38.3 Å². The number of hydrogen-bond acceptors (Lipinski definition) is 3. The van der Waals surface area contributed by atoms with Crippen LogP contribution in [0.3, 0.4) is 0 Å². The van der Waals surface area contributed by atoms with E-state index < -0.39 is 10.0 Å². The van der Waals surface area contributed by atoms with Crippen LogP contribution in [0.5, 0.6) is 0 Å². The smallest absolute Gasteiger partial charge is 0.211 e. The maximum atomic E-state index is 11.9. The van der Waals surface area contributed by atoms with Crippen molar-refractivity contribution in [2.75, 3.05) is 12.3 Å². The van der Waals surface area contributed by atoms with Gasteiger partial charge in [0, 0.05) is 12.6 Å². The highest BCUT2D eigenvalue weighted by Crippen LogP contribution is 2.10. The zero-order valence-corrected chi connectivity index (χ0v) is 12.2. The van der Waals surface area contributed by atoms with Gasteiger partial charge in [-0.25, -0.2) is 13.1 Å². The summed E-state index contributed by atoms with van der Waals surface area (Å²) in [4.78, 5) is 0. The third kappa shape index (κ3) is 4.93. The molecule has 2 rings (SSSR count). The van der Waals surface area contributed by atoms with Gasteiger partial charge < -0.3 is 5.32 Å². The molecule has 1 atom stereocenters. The van der Waals surface area contributed by atoms with Gasteiger partial charge in [0.15, 0.2) is 0 Å². The van der Waals surface area contributed by atoms with E-state index in [2.05, 4.69) is 10.0 Å². The largest absolute Gasteiger partial charge is 0.314 e. The van der Waals surface area contributed by atoms with Crippen molar-refractivity contribution in [3.63, 3.8) is 0 Å². The molecule has 1 unspecified atom stereocenters. The Balaban J connectivity index is 1.80. The van der Waals surface area contributed by atoms with E-state index in [0.717, 1.165) is 30.5 Å². The molecule has 1 heterocycles. The topological polar surface area (TPSA) is 58.2 Å². The Bertz CT molecular complexity index is 508. The van der Waals surface area contributed by atoms with Crippen molar-refractivity contribution in [1.29, 1.82) is 0 Å². The van der Waals surface area contributed by atoms with E-state index in [9.17, 15) is 8.42 Å². The molecule has 1 aliphatic heterocycles. The SMILES string of the molecule is Cc1cccc(CNS(=O)(=O)CCC2CCCN2)c1. The Hall–Kier alpha value is -0.910. The molecule has 2 N–H and O–H groups in total. The Morgan fingerprint density at radius 3 is 2.95 bits per heavy atom. The fraction of sp³-hybridized carbons (Fsp3) is 0.571. The van der Waals surface area contributed by atoms with Crippen LogP contribution in [-0.4, -0.2) is 26.8 Å². The van der Waals surface area contributed by atoms with Crippen molar-refractivity contribution in [3.8, 4) is 0 Å². The van der Waals surface area contributed by atoms with Gasteiger partial charge in [0.1, 0.15) is 0 Å². The summed E-state index contributed by atoms with van der Waals surface area (Å²) < 4.78 is 26.5. The number of aryl methyl sites for hydroxylation is 1. The third-order valence-electron chi connectivity index (χ3n) is 3.48. The minimum atomic E-state index is -3.17. The zero-order chi connectivity index (χ0) is 13.7. The number of rotatable bonds is 6. The lowest BCUT2D eigenvalue weighted by molar-refractivity contribution is 0.553. The third-order valence-corrected chi connectivity index (χ3v) is 4.83. The molecule has 0 bridgehead atoms. The van der Waals surface area contributed by atoms with Crippen LogP contribution in [0, 0.1) is 6.92 Å². The molecule has 0 aliphatic carbocycles. The minimum Gasteiger partial charge on any atom is -0.314 e. The lowest BCUT2D eigenvalue weighted by Gasteiger charge is -2.11. The fourth-order valence-electron chi connectivity index (χ4n) is 2.39. The number of nitrogens with one attached hydrogen (secondary N) is 2. The van der Waals surface area contributed by atoms with Gasteiger partial charge in [0.05, 0.1) is 5.75 Å². The second-order valence-electron chi connectivity index (χ2n) is 5.21. The van der Waals surface area contributed by atoms with Crippen LogP contribution < -0.4 is 10.0 Å². The summed E-state index contributed by atoms with van der Waals surface area (Å²) in [7, 11) is -3.17. The predicted molar refractivity (Wildman–Crippen MR) is 77.4 cm³/mol. The molecule has 0 amide bonds. The number of hydrogen-bond donors (Lipinski definition) is 2. The fourth-order valence-corrected chi connectivity index (χ4v) is 3.51. The van der Waals surface area contributed by atoms with Crippen LogP contribution in [0.4, 0.5) is 0 Å². The lowest BCUT2D eigenvalue weighted by atomic mass is 10.1. The highest BCUT2D eigenvalue weighted by molar-refractivity contribution is 7.89. The highest BCUT2D eigenvalue weighted by atomic mass is 32.2. The standard InChI is InChI=1S/C14H22N2O2S/c1-12-4-2-5-13(10-12)11-16-19(17,18)9-7-14-6-3-8-15-14/h2,4-5,10,14-16H,3,6-9,11H2,1H3. The van der Waals surface area contributed by atoms with E-state index in [1.165, 1.54) is 0 Å². The van der Waals surface area contributed by atoms with E-state index in [1.807, 2.05) is 31.2 Å². The second kappa shape index (κ2) is 6.50. The number of benzene rings is 1. The molecule has 0 spiro atoms. The highest BCUT2D eigenvalue weighted by Gasteiger charge is 2.18. The van der Waals surface area contributed by atoms with Crippen LogP contribution in [0.25, 0.3) is 0 Å². The average Bonchev–Trinajstić information content (AvgIpc) is 2.88. The van der Waals surface area contributed by atoms with Crippen molar-refractivity contribution in [3.05, 3.63) is 35.4 Å². The molecular weight excluding hydrogens is 260 g/mol. The molecule has 0 saturated carbocycles. The molecule has 1 aliphatic rings. The van der Waals surface area contributed by atoms with Crippen LogP contribution in [0.15, 0.2) is 24.3 Å². The average molecular weight is 282 g/mol. The quantitative estimate of drug-likeness (QED) is 0.832. The normalized spacial score (nSPS) is 19.7. The Kier molecular flexibility index (Phi) is 4.96. The Morgan fingerprint density at radius 1 is 1.42 bits per heavy atom. The maximum Gasteiger partial charge on any atom is 0.211 e. The second-order valence-corrected chi connectivity index (χ2v) is 7.14. The summed E-state index contributed by atoms with van der Waals surface area (Å²) in [5.41, 5.74) is 2.15. The van der Waals surface area contributed by atoms with Crippen molar-refractivity contribution >= 4 is 10.0 Å².